The molecular weight excluding hydrogens is 198 g/mol. The maximum absolute atomic E-state index is 10.5. The molecule has 0 atom stereocenters. The maximum atomic E-state index is 10.5. The number of thiazole rings is 1. The van der Waals surface area contributed by atoms with Gasteiger partial charge in [0.1, 0.15) is 5.01 Å². The van der Waals surface area contributed by atoms with Gasteiger partial charge in [-0.15, -0.1) is 11.3 Å². The zero-order chi connectivity index (χ0) is 10.1. The first-order valence-corrected chi connectivity index (χ1v) is 4.94. The number of carbonyl (C=O) groups is 1. The van der Waals surface area contributed by atoms with Gasteiger partial charge in [-0.3, -0.25) is 9.48 Å². The predicted octanol–water partition coefficient (Wildman–Crippen LogP) is 1.66. The van der Waals surface area contributed by atoms with Crippen LogP contribution in [0.1, 0.15) is 15.4 Å². The number of nitrogens with zero attached hydrogens (tertiary/aromatic N) is 3. The van der Waals surface area contributed by atoms with Crippen LogP contribution in [0.25, 0.3) is 10.6 Å². The van der Waals surface area contributed by atoms with Crippen molar-refractivity contribution in [3.8, 4) is 10.6 Å². The van der Waals surface area contributed by atoms with Crippen LogP contribution in [0.2, 0.25) is 0 Å². The molecular formula is C9H9N3OS. The van der Waals surface area contributed by atoms with Crippen molar-refractivity contribution in [2.24, 2.45) is 7.05 Å². The van der Waals surface area contributed by atoms with Crippen LogP contribution in [-0.2, 0) is 7.05 Å². The number of rotatable bonds is 2. The highest BCUT2D eigenvalue weighted by molar-refractivity contribution is 7.16. The molecule has 0 bridgehead atoms. The van der Waals surface area contributed by atoms with Gasteiger partial charge in [0.25, 0.3) is 0 Å². The Morgan fingerprint density at radius 3 is 2.79 bits per heavy atom. The number of aromatic nitrogens is 3. The van der Waals surface area contributed by atoms with Crippen LogP contribution >= 0.6 is 11.3 Å². The van der Waals surface area contributed by atoms with E-state index in [1.54, 1.807) is 17.1 Å². The molecule has 0 N–H and O–H groups in total. The number of hydrogen-bond donors (Lipinski definition) is 0. The molecule has 0 amide bonds. The van der Waals surface area contributed by atoms with E-state index in [0.717, 1.165) is 22.6 Å². The highest BCUT2D eigenvalue weighted by Gasteiger charge is 2.10. The highest BCUT2D eigenvalue weighted by atomic mass is 32.1. The van der Waals surface area contributed by atoms with Gasteiger partial charge in [-0.05, 0) is 6.92 Å². The van der Waals surface area contributed by atoms with Crippen molar-refractivity contribution in [2.45, 2.75) is 6.92 Å². The van der Waals surface area contributed by atoms with Crippen LogP contribution in [0.4, 0.5) is 0 Å². The Balaban J connectivity index is 2.49. The molecule has 4 nitrogen and oxygen atoms in total. The predicted molar refractivity (Wildman–Crippen MR) is 54.4 cm³/mol. The van der Waals surface area contributed by atoms with Gasteiger partial charge >= 0.3 is 0 Å². The van der Waals surface area contributed by atoms with Crippen molar-refractivity contribution >= 4 is 17.6 Å². The molecule has 0 aliphatic carbocycles. The van der Waals surface area contributed by atoms with Crippen molar-refractivity contribution in [3.05, 3.63) is 23.0 Å². The summed E-state index contributed by atoms with van der Waals surface area (Å²) in [5.74, 6) is 0. The quantitative estimate of drug-likeness (QED) is 0.704. The summed E-state index contributed by atoms with van der Waals surface area (Å²) in [6.07, 6.45) is 4.16. The van der Waals surface area contributed by atoms with Crippen LogP contribution in [0.3, 0.4) is 0 Å². The minimum atomic E-state index is 0.642. The average Bonchev–Trinajstić information content (AvgIpc) is 2.75. The number of aldehydes is 1. The molecule has 14 heavy (non-hydrogen) atoms. The molecule has 0 aliphatic rings. The third-order valence-electron chi connectivity index (χ3n) is 2.11. The molecule has 0 radical (unpaired) electrons. The molecule has 0 aromatic carbocycles. The molecule has 0 saturated carbocycles. The number of hydrogen-bond acceptors (Lipinski definition) is 4. The fraction of sp³-hybridized carbons (Fsp3) is 0.222. The number of carbonyl (C=O) groups excluding carboxylic acids is 1. The molecule has 0 saturated heterocycles. The van der Waals surface area contributed by atoms with E-state index in [9.17, 15) is 4.79 Å². The summed E-state index contributed by atoms with van der Waals surface area (Å²) in [7, 11) is 1.88. The maximum Gasteiger partial charge on any atom is 0.161 e. The molecule has 0 fully saturated rings. The van der Waals surface area contributed by atoms with E-state index in [1.807, 2.05) is 14.0 Å². The second-order valence-electron chi connectivity index (χ2n) is 2.95. The molecule has 2 rings (SSSR count). The van der Waals surface area contributed by atoms with E-state index < -0.39 is 0 Å². The van der Waals surface area contributed by atoms with Gasteiger partial charge in [-0.2, -0.15) is 5.10 Å². The summed E-state index contributed by atoms with van der Waals surface area (Å²) in [5.41, 5.74) is 2.04. The summed E-state index contributed by atoms with van der Waals surface area (Å²) >= 11 is 1.38. The van der Waals surface area contributed by atoms with Gasteiger partial charge in [0.15, 0.2) is 6.29 Å². The lowest BCUT2D eigenvalue weighted by Gasteiger charge is -1.94. The van der Waals surface area contributed by atoms with Crippen LogP contribution < -0.4 is 0 Å². The summed E-state index contributed by atoms with van der Waals surface area (Å²) in [6, 6.07) is 0. The zero-order valence-corrected chi connectivity index (χ0v) is 8.71. The van der Waals surface area contributed by atoms with Crippen molar-refractivity contribution in [1.82, 2.24) is 14.8 Å². The summed E-state index contributed by atoms with van der Waals surface area (Å²) in [5, 5.41) is 4.97. The van der Waals surface area contributed by atoms with Crippen LogP contribution in [0.5, 0.6) is 0 Å². The number of aryl methyl sites for hydroxylation is 1. The fourth-order valence-electron chi connectivity index (χ4n) is 1.17. The Labute approximate surface area is 85.2 Å². The average molecular weight is 207 g/mol. The SMILES string of the molecule is Cc1c(-c2ncc(C=O)s2)cnn1C. The first-order chi connectivity index (χ1) is 6.72. The Morgan fingerprint density at radius 1 is 1.50 bits per heavy atom. The lowest BCUT2D eigenvalue weighted by Crippen LogP contribution is -1.92. The first kappa shape index (κ1) is 9.08. The molecule has 5 heteroatoms. The third kappa shape index (κ3) is 1.35. The van der Waals surface area contributed by atoms with Crippen LogP contribution in [0.15, 0.2) is 12.4 Å². The fourth-order valence-corrected chi connectivity index (χ4v) is 1.97. The molecule has 0 aliphatic heterocycles. The Bertz CT molecular complexity index is 472. The normalized spacial score (nSPS) is 10.4. The molecule has 0 spiro atoms. The van der Waals surface area contributed by atoms with E-state index in [1.165, 1.54) is 11.3 Å². The monoisotopic (exact) mass is 207 g/mol. The summed E-state index contributed by atoms with van der Waals surface area (Å²) < 4.78 is 1.79. The highest BCUT2D eigenvalue weighted by Crippen LogP contribution is 2.26. The molecule has 2 aromatic rings. The molecule has 0 unspecified atom stereocenters. The summed E-state index contributed by atoms with van der Waals surface area (Å²) in [6.45, 7) is 1.98. The van der Waals surface area contributed by atoms with Gasteiger partial charge < -0.3 is 0 Å². The van der Waals surface area contributed by atoms with E-state index in [4.69, 9.17) is 0 Å². The smallest absolute Gasteiger partial charge is 0.161 e. The van der Waals surface area contributed by atoms with Crippen molar-refractivity contribution in [2.75, 3.05) is 0 Å². The van der Waals surface area contributed by atoms with Gasteiger partial charge in [-0.25, -0.2) is 4.98 Å². The lowest BCUT2D eigenvalue weighted by molar-refractivity contribution is 0.112. The molecule has 2 heterocycles. The van der Waals surface area contributed by atoms with E-state index in [-0.39, 0.29) is 0 Å². The van der Waals surface area contributed by atoms with E-state index in [2.05, 4.69) is 10.1 Å². The second kappa shape index (κ2) is 3.34. The van der Waals surface area contributed by atoms with Gasteiger partial charge in [0, 0.05) is 18.9 Å². The van der Waals surface area contributed by atoms with Crippen LogP contribution in [0, 0.1) is 6.92 Å². The van der Waals surface area contributed by atoms with E-state index in [0.29, 0.717) is 4.88 Å². The Kier molecular flexibility index (Phi) is 2.17. The standard InChI is InChI=1S/C9H9N3OS/c1-6-8(4-11-12(6)2)9-10-3-7(5-13)14-9/h3-5H,1-2H3. The minimum Gasteiger partial charge on any atom is -0.297 e. The molecule has 72 valence electrons. The topological polar surface area (TPSA) is 47.8 Å². The third-order valence-corrected chi connectivity index (χ3v) is 3.06. The summed E-state index contributed by atoms with van der Waals surface area (Å²) in [4.78, 5) is 15.3. The largest absolute Gasteiger partial charge is 0.297 e. The molecule has 2 aromatic heterocycles. The Hall–Kier alpha value is -1.49. The zero-order valence-electron chi connectivity index (χ0n) is 7.89. The van der Waals surface area contributed by atoms with Gasteiger partial charge in [0.05, 0.1) is 16.6 Å². The van der Waals surface area contributed by atoms with Gasteiger partial charge in [-0.1, -0.05) is 0 Å². The van der Waals surface area contributed by atoms with Crippen molar-refractivity contribution < 1.29 is 4.79 Å². The van der Waals surface area contributed by atoms with Crippen molar-refractivity contribution in [3.63, 3.8) is 0 Å². The lowest BCUT2D eigenvalue weighted by atomic mass is 10.3. The van der Waals surface area contributed by atoms with E-state index >= 15 is 0 Å². The minimum absolute atomic E-state index is 0.642. The van der Waals surface area contributed by atoms with Gasteiger partial charge in [0.2, 0.25) is 0 Å². The van der Waals surface area contributed by atoms with Crippen LogP contribution in [-0.4, -0.2) is 21.1 Å². The Morgan fingerprint density at radius 2 is 2.29 bits per heavy atom. The van der Waals surface area contributed by atoms with Crippen molar-refractivity contribution in [1.29, 1.82) is 0 Å². The first-order valence-electron chi connectivity index (χ1n) is 4.12. The second-order valence-corrected chi connectivity index (χ2v) is 4.02.